The van der Waals surface area contributed by atoms with Crippen LogP contribution in [0, 0.1) is 11.3 Å². The third-order valence-electron chi connectivity index (χ3n) is 6.59. The van der Waals surface area contributed by atoms with Gasteiger partial charge in [-0.25, -0.2) is 0 Å². The van der Waals surface area contributed by atoms with E-state index in [4.69, 9.17) is 0 Å². The summed E-state index contributed by atoms with van der Waals surface area (Å²) < 4.78 is 0. The largest absolute Gasteiger partial charge is 0.507 e. The molecule has 3 nitrogen and oxygen atoms in total. The molecule has 23 heavy (non-hydrogen) atoms. The first-order chi connectivity index (χ1) is 10.7. The standard InChI is InChI=1S/C20H30O3/c1-12(2)13-6-7-15-14(17(13)23)10-16(22)18-19(3,11-21)8-5-9-20(15,18)4/h6-7,12,16,18,21-23H,5,8-11H2,1-4H3/t16-,18-,19+,20+/m0/s1. The highest BCUT2D eigenvalue weighted by Crippen LogP contribution is 2.58. The second kappa shape index (κ2) is 5.49. The van der Waals surface area contributed by atoms with Crippen LogP contribution in [0.15, 0.2) is 12.1 Å². The van der Waals surface area contributed by atoms with Crippen molar-refractivity contribution in [3.8, 4) is 5.75 Å². The maximum Gasteiger partial charge on any atom is 0.122 e. The topological polar surface area (TPSA) is 60.7 Å². The monoisotopic (exact) mass is 318 g/mol. The lowest BCUT2D eigenvalue weighted by atomic mass is 9.49. The van der Waals surface area contributed by atoms with Crippen molar-refractivity contribution in [1.82, 2.24) is 0 Å². The Hall–Kier alpha value is -1.06. The van der Waals surface area contributed by atoms with Crippen molar-refractivity contribution in [2.24, 2.45) is 11.3 Å². The molecule has 0 radical (unpaired) electrons. The van der Waals surface area contributed by atoms with Gasteiger partial charge in [-0.3, -0.25) is 0 Å². The van der Waals surface area contributed by atoms with Crippen molar-refractivity contribution >= 4 is 0 Å². The lowest BCUT2D eigenvalue weighted by molar-refractivity contribution is -0.0849. The van der Waals surface area contributed by atoms with Crippen molar-refractivity contribution in [1.29, 1.82) is 0 Å². The van der Waals surface area contributed by atoms with E-state index < -0.39 is 6.10 Å². The van der Waals surface area contributed by atoms with Gasteiger partial charge < -0.3 is 15.3 Å². The minimum absolute atomic E-state index is 0.0329. The molecule has 0 spiro atoms. The molecule has 1 aromatic rings. The highest BCUT2D eigenvalue weighted by molar-refractivity contribution is 5.52. The minimum atomic E-state index is -0.515. The van der Waals surface area contributed by atoms with Crippen molar-refractivity contribution in [3.05, 3.63) is 28.8 Å². The molecule has 128 valence electrons. The zero-order valence-electron chi connectivity index (χ0n) is 14.8. The van der Waals surface area contributed by atoms with Gasteiger partial charge in [0.2, 0.25) is 0 Å². The summed E-state index contributed by atoms with van der Waals surface area (Å²) >= 11 is 0. The fraction of sp³-hybridized carbons (Fsp3) is 0.700. The van der Waals surface area contributed by atoms with Gasteiger partial charge in [0.05, 0.1) is 6.10 Å². The SMILES string of the molecule is CC(C)c1ccc2c(c1O)C[C@H](O)[C@H]1[C@@](C)(CO)CCC[C@]21C. The minimum Gasteiger partial charge on any atom is -0.507 e. The summed E-state index contributed by atoms with van der Waals surface area (Å²) in [6.45, 7) is 8.57. The van der Waals surface area contributed by atoms with E-state index in [9.17, 15) is 15.3 Å². The molecule has 1 fully saturated rings. The molecule has 0 bridgehead atoms. The Labute approximate surface area is 139 Å². The highest BCUT2D eigenvalue weighted by atomic mass is 16.3. The van der Waals surface area contributed by atoms with Crippen LogP contribution in [0.3, 0.4) is 0 Å². The molecule has 3 heteroatoms. The van der Waals surface area contributed by atoms with Crippen LogP contribution < -0.4 is 0 Å². The molecule has 0 heterocycles. The Morgan fingerprint density at radius 2 is 1.91 bits per heavy atom. The van der Waals surface area contributed by atoms with Gasteiger partial charge in [0.25, 0.3) is 0 Å². The molecule has 2 aliphatic rings. The normalized spacial score (nSPS) is 36.7. The summed E-state index contributed by atoms with van der Waals surface area (Å²) in [5.74, 6) is 0.662. The number of hydrogen-bond donors (Lipinski definition) is 3. The Bertz CT molecular complexity index is 609. The van der Waals surface area contributed by atoms with Crippen molar-refractivity contribution in [2.75, 3.05) is 6.61 Å². The van der Waals surface area contributed by atoms with Gasteiger partial charge in [-0.1, -0.05) is 46.2 Å². The maximum absolute atomic E-state index is 10.9. The van der Waals surface area contributed by atoms with Crippen LogP contribution in [0.4, 0.5) is 0 Å². The quantitative estimate of drug-likeness (QED) is 0.782. The summed E-state index contributed by atoms with van der Waals surface area (Å²) in [5, 5.41) is 31.6. The second-order valence-corrected chi connectivity index (χ2v) is 8.52. The number of benzene rings is 1. The Morgan fingerprint density at radius 3 is 2.52 bits per heavy atom. The van der Waals surface area contributed by atoms with Gasteiger partial charge in [-0.05, 0) is 40.7 Å². The van der Waals surface area contributed by atoms with Gasteiger partial charge in [0.1, 0.15) is 5.75 Å². The smallest absolute Gasteiger partial charge is 0.122 e. The summed E-state index contributed by atoms with van der Waals surface area (Å²) in [6, 6.07) is 4.20. The molecule has 2 aliphatic carbocycles. The van der Waals surface area contributed by atoms with Crippen LogP contribution in [0.5, 0.6) is 5.75 Å². The van der Waals surface area contributed by atoms with E-state index in [1.807, 2.05) is 6.07 Å². The molecule has 3 rings (SSSR count). The van der Waals surface area contributed by atoms with E-state index in [1.54, 1.807) is 0 Å². The molecule has 4 atom stereocenters. The van der Waals surface area contributed by atoms with Gasteiger partial charge in [-0.2, -0.15) is 0 Å². The number of aromatic hydroxyl groups is 1. The number of aliphatic hydroxyl groups is 2. The molecular weight excluding hydrogens is 288 g/mol. The van der Waals surface area contributed by atoms with Crippen LogP contribution in [0.25, 0.3) is 0 Å². The van der Waals surface area contributed by atoms with Gasteiger partial charge in [0, 0.05) is 24.5 Å². The zero-order valence-corrected chi connectivity index (χ0v) is 14.8. The Balaban J connectivity index is 2.17. The number of rotatable bonds is 2. The average Bonchev–Trinajstić information content (AvgIpc) is 2.47. The lowest BCUT2D eigenvalue weighted by Gasteiger charge is -2.56. The molecule has 1 saturated carbocycles. The van der Waals surface area contributed by atoms with E-state index in [0.717, 1.165) is 30.4 Å². The zero-order chi connectivity index (χ0) is 17.0. The van der Waals surface area contributed by atoms with Crippen LogP contribution >= 0.6 is 0 Å². The molecule has 0 aliphatic heterocycles. The Kier molecular flexibility index (Phi) is 4.01. The summed E-state index contributed by atoms with van der Waals surface area (Å²) in [5.41, 5.74) is 2.61. The third-order valence-corrected chi connectivity index (χ3v) is 6.59. The fourth-order valence-corrected chi connectivity index (χ4v) is 5.50. The first-order valence-electron chi connectivity index (χ1n) is 8.89. The van der Waals surface area contributed by atoms with Crippen molar-refractivity contribution in [3.63, 3.8) is 0 Å². The van der Waals surface area contributed by atoms with E-state index >= 15 is 0 Å². The lowest BCUT2D eigenvalue weighted by Crippen LogP contribution is -2.56. The van der Waals surface area contributed by atoms with Gasteiger partial charge >= 0.3 is 0 Å². The Morgan fingerprint density at radius 1 is 1.22 bits per heavy atom. The maximum atomic E-state index is 10.9. The van der Waals surface area contributed by atoms with Crippen LogP contribution in [-0.2, 0) is 11.8 Å². The van der Waals surface area contributed by atoms with E-state index in [1.165, 1.54) is 5.56 Å². The van der Waals surface area contributed by atoms with Crippen LogP contribution in [0.1, 0.15) is 69.6 Å². The van der Waals surface area contributed by atoms with Crippen molar-refractivity contribution in [2.45, 2.75) is 70.8 Å². The molecule has 0 amide bonds. The second-order valence-electron chi connectivity index (χ2n) is 8.52. The number of hydrogen-bond acceptors (Lipinski definition) is 3. The molecule has 3 N–H and O–H groups in total. The molecule has 0 saturated heterocycles. The predicted octanol–water partition coefficient (Wildman–Crippen LogP) is 3.49. The highest BCUT2D eigenvalue weighted by Gasteiger charge is 2.55. The first kappa shape index (κ1) is 16.8. The summed E-state index contributed by atoms with van der Waals surface area (Å²) in [7, 11) is 0. The number of aliphatic hydroxyl groups excluding tert-OH is 2. The number of fused-ring (bicyclic) bond motifs is 3. The predicted molar refractivity (Wildman–Crippen MR) is 91.8 cm³/mol. The molecule has 1 aromatic carbocycles. The molecule has 0 aromatic heterocycles. The number of phenols is 1. The van der Waals surface area contributed by atoms with Crippen LogP contribution in [0.2, 0.25) is 0 Å². The summed E-state index contributed by atoms with van der Waals surface area (Å²) in [4.78, 5) is 0. The van der Waals surface area contributed by atoms with E-state index in [0.29, 0.717) is 12.2 Å². The van der Waals surface area contributed by atoms with Gasteiger partial charge in [0.15, 0.2) is 0 Å². The first-order valence-corrected chi connectivity index (χ1v) is 8.89. The van der Waals surface area contributed by atoms with E-state index in [2.05, 4.69) is 33.8 Å². The molecule has 0 unspecified atom stereocenters. The van der Waals surface area contributed by atoms with Gasteiger partial charge in [-0.15, -0.1) is 0 Å². The molecular formula is C20H30O3. The van der Waals surface area contributed by atoms with Crippen LogP contribution in [-0.4, -0.2) is 28.0 Å². The average molecular weight is 318 g/mol. The summed E-state index contributed by atoms with van der Waals surface area (Å²) in [6.07, 6.45) is 2.96. The third kappa shape index (κ3) is 2.32. The van der Waals surface area contributed by atoms with E-state index in [-0.39, 0.29) is 29.3 Å². The fourth-order valence-electron chi connectivity index (χ4n) is 5.50. The number of phenolic OH excluding ortho intramolecular Hbond substituents is 1. The van der Waals surface area contributed by atoms with Crippen molar-refractivity contribution < 1.29 is 15.3 Å².